The van der Waals surface area contributed by atoms with Crippen LogP contribution in [0.1, 0.15) is 18.4 Å². The molecule has 3 fully saturated rings. The van der Waals surface area contributed by atoms with Crippen LogP contribution in [0.25, 0.3) is 5.69 Å². The van der Waals surface area contributed by atoms with Crippen LogP contribution in [0, 0.1) is 5.92 Å². The Bertz CT molecular complexity index is 567. The molecule has 5 rings (SSSR count). The number of benzene rings is 1. The molecule has 0 radical (unpaired) electrons. The van der Waals surface area contributed by atoms with E-state index in [0.717, 1.165) is 18.2 Å². The van der Waals surface area contributed by atoms with E-state index in [0.29, 0.717) is 6.04 Å². The van der Waals surface area contributed by atoms with Gasteiger partial charge in [0.05, 0.1) is 5.69 Å². The SMILES string of the molecule is c1cnn(-c2ccc(CNC3CN4CCC3CC4)cc2)c1. The maximum Gasteiger partial charge on any atom is 0.0645 e. The van der Waals surface area contributed by atoms with Crippen LogP contribution >= 0.6 is 0 Å². The molecule has 1 aromatic carbocycles. The summed E-state index contributed by atoms with van der Waals surface area (Å²) in [7, 11) is 0. The highest BCUT2D eigenvalue weighted by Gasteiger charge is 2.33. The zero-order valence-corrected chi connectivity index (χ0v) is 12.3. The van der Waals surface area contributed by atoms with E-state index in [2.05, 4.69) is 39.6 Å². The zero-order valence-electron chi connectivity index (χ0n) is 12.3. The number of nitrogens with zero attached hydrogens (tertiary/aromatic N) is 3. The molecular formula is C17H22N4. The summed E-state index contributed by atoms with van der Waals surface area (Å²) >= 11 is 0. The fourth-order valence-electron chi connectivity index (χ4n) is 3.63. The average molecular weight is 282 g/mol. The van der Waals surface area contributed by atoms with Crippen molar-refractivity contribution in [3.63, 3.8) is 0 Å². The second-order valence-corrected chi connectivity index (χ2v) is 6.24. The molecule has 0 amide bonds. The second-order valence-electron chi connectivity index (χ2n) is 6.24. The number of hydrogen-bond acceptors (Lipinski definition) is 3. The molecule has 1 N–H and O–H groups in total. The summed E-state index contributed by atoms with van der Waals surface area (Å²) in [6, 6.07) is 11.3. The second kappa shape index (κ2) is 5.62. The first kappa shape index (κ1) is 13.0. The molecule has 3 aliphatic heterocycles. The van der Waals surface area contributed by atoms with Gasteiger partial charge in [0, 0.05) is 31.5 Å². The van der Waals surface area contributed by atoms with Gasteiger partial charge < -0.3 is 10.2 Å². The van der Waals surface area contributed by atoms with Gasteiger partial charge in [-0.2, -0.15) is 5.10 Å². The van der Waals surface area contributed by atoms with Gasteiger partial charge in [0.25, 0.3) is 0 Å². The van der Waals surface area contributed by atoms with Crippen LogP contribution in [0.3, 0.4) is 0 Å². The molecule has 4 heterocycles. The maximum atomic E-state index is 4.26. The van der Waals surface area contributed by atoms with Gasteiger partial charge in [-0.05, 0) is 55.6 Å². The number of rotatable bonds is 4. The van der Waals surface area contributed by atoms with Crippen molar-refractivity contribution in [1.29, 1.82) is 0 Å². The van der Waals surface area contributed by atoms with Gasteiger partial charge in [-0.15, -0.1) is 0 Å². The largest absolute Gasteiger partial charge is 0.308 e. The summed E-state index contributed by atoms with van der Waals surface area (Å²) in [6.45, 7) is 4.81. The van der Waals surface area contributed by atoms with Crippen LogP contribution in [0.4, 0.5) is 0 Å². The molecule has 0 spiro atoms. The maximum absolute atomic E-state index is 4.26. The van der Waals surface area contributed by atoms with Crippen molar-refractivity contribution in [3.05, 3.63) is 48.3 Å². The number of fused-ring (bicyclic) bond motifs is 3. The van der Waals surface area contributed by atoms with Crippen LogP contribution in [0.5, 0.6) is 0 Å². The molecule has 3 saturated heterocycles. The molecule has 0 aliphatic carbocycles. The van der Waals surface area contributed by atoms with Crippen molar-refractivity contribution in [2.24, 2.45) is 5.92 Å². The third-order valence-electron chi connectivity index (χ3n) is 4.93. The Morgan fingerprint density at radius 1 is 1.14 bits per heavy atom. The quantitative estimate of drug-likeness (QED) is 0.932. The molecule has 1 aromatic heterocycles. The Kier molecular flexibility index (Phi) is 3.49. The topological polar surface area (TPSA) is 33.1 Å². The highest BCUT2D eigenvalue weighted by molar-refractivity contribution is 5.33. The van der Waals surface area contributed by atoms with Gasteiger partial charge in [-0.1, -0.05) is 12.1 Å². The predicted octanol–water partition coefficient (Wildman–Crippen LogP) is 2.06. The van der Waals surface area contributed by atoms with Crippen LogP contribution in [0.2, 0.25) is 0 Å². The molecule has 3 aliphatic rings. The molecule has 2 bridgehead atoms. The molecular weight excluding hydrogens is 260 g/mol. The van der Waals surface area contributed by atoms with E-state index in [9.17, 15) is 0 Å². The zero-order chi connectivity index (χ0) is 14.1. The lowest BCUT2D eigenvalue weighted by Crippen LogP contribution is -2.55. The molecule has 4 heteroatoms. The van der Waals surface area contributed by atoms with Gasteiger partial charge in [-0.3, -0.25) is 0 Å². The normalized spacial score (nSPS) is 27.9. The van der Waals surface area contributed by atoms with Gasteiger partial charge in [0.2, 0.25) is 0 Å². The van der Waals surface area contributed by atoms with E-state index in [4.69, 9.17) is 0 Å². The van der Waals surface area contributed by atoms with Crippen molar-refractivity contribution >= 4 is 0 Å². The summed E-state index contributed by atoms with van der Waals surface area (Å²) in [4.78, 5) is 2.60. The van der Waals surface area contributed by atoms with Crippen LogP contribution < -0.4 is 5.32 Å². The Hall–Kier alpha value is -1.65. The molecule has 2 aromatic rings. The lowest BCUT2D eigenvalue weighted by Gasteiger charge is -2.45. The predicted molar refractivity (Wildman–Crippen MR) is 83.4 cm³/mol. The smallest absolute Gasteiger partial charge is 0.0645 e. The van der Waals surface area contributed by atoms with Gasteiger partial charge in [-0.25, -0.2) is 4.68 Å². The first-order valence-corrected chi connectivity index (χ1v) is 7.93. The van der Waals surface area contributed by atoms with Crippen LogP contribution in [-0.2, 0) is 6.54 Å². The fourth-order valence-corrected chi connectivity index (χ4v) is 3.63. The van der Waals surface area contributed by atoms with E-state index in [1.807, 2.05) is 23.1 Å². The Labute approximate surface area is 125 Å². The lowest BCUT2D eigenvalue weighted by atomic mass is 9.84. The van der Waals surface area contributed by atoms with Gasteiger partial charge in [0.15, 0.2) is 0 Å². The molecule has 1 unspecified atom stereocenters. The summed E-state index contributed by atoms with van der Waals surface area (Å²) in [5, 5.41) is 8.02. The standard InChI is InChI=1S/C17H22N4/c1-8-19-21(9-1)16-4-2-14(3-5-16)12-18-17-13-20-10-6-15(17)7-11-20/h1-5,8-9,15,17-18H,6-7,10-13H2. The minimum Gasteiger partial charge on any atom is -0.308 e. The van der Waals surface area contributed by atoms with Crippen LogP contribution in [0.15, 0.2) is 42.7 Å². The van der Waals surface area contributed by atoms with Crippen molar-refractivity contribution in [1.82, 2.24) is 20.0 Å². The number of aromatic nitrogens is 2. The highest BCUT2D eigenvalue weighted by atomic mass is 15.3. The lowest BCUT2D eigenvalue weighted by molar-refractivity contribution is 0.0720. The Morgan fingerprint density at radius 2 is 1.95 bits per heavy atom. The third kappa shape index (κ3) is 2.74. The minimum absolute atomic E-state index is 0.679. The van der Waals surface area contributed by atoms with E-state index in [-0.39, 0.29) is 0 Å². The fraction of sp³-hybridized carbons (Fsp3) is 0.471. The van der Waals surface area contributed by atoms with Crippen LogP contribution in [-0.4, -0.2) is 40.4 Å². The van der Waals surface area contributed by atoms with Crippen molar-refractivity contribution < 1.29 is 0 Å². The Balaban J connectivity index is 1.37. The molecule has 1 atom stereocenters. The summed E-state index contributed by atoms with van der Waals surface area (Å²) in [5.41, 5.74) is 2.47. The van der Waals surface area contributed by atoms with Crippen molar-refractivity contribution in [2.45, 2.75) is 25.4 Å². The monoisotopic (exact) mass is 282 g/mol. The Morgan fingerprint density at radius 3 is 2.57 bits per heavy atom. The van der Waals surface area contributed by atoms with E-state index in [1.165, 1.54) is 38.0 Å². The van der Waals surface area contributed by atoms with E-state index >= 15 is 0 Å². The van der Waals surface area contributed by atoms with Crippen molar-refractivity contribution in [3.8, 4) is 5.69 Å². The third-order valence-corrected chi connectivity index (χ3v) is 4.93. The molecule has 110 valence electrons. The summed E-state index contributed by atoms with van der Waals surface area (Å²) in [6.07, 6.45) is 6.52. The first-order chi connectivity index (χ1) is 10.4. The number of piperidine rings is 3. The van der Waals surface area contributed by atoms with E-state index in [1.54, 1.807) is 0 Å². The number of hydrogen-bond donors (Lipinski definition) is 1. The molecule has 4 nitrogen and oxygen atoms in total. The molecule has 0 saturated carbocycles. The van der Waals surface area contributed by atoms with Gasteiger partial charge in [0.1, 0.15) is 0 Å². The summed E-state index contributed by atoms with van der Waals surface area (Å²) < 4.78 is 1.89. The summed E-state index contributed by atoms with van der Waals surface area (Å²) in [5.74, 6) is 0.887. The average Bonchev–Trinajstić information content (AvgIpc) is 3.09. The number of nitrogens with one attached hydrogen (secondary N) is 1. The van der Waals surface area contributed by atoms with E-state index < -0.39 is 0 Å². The first-order valence-electron chi connectivity index (χ1n) is 7.93. The minimum atomic E-state index is 0.679. The highest BCUT2D eigenvalue weighted by Crippen LogP contribution is 2.27. The van der Waals surface area contributed by atoms with Gasteiger partial charge >= 0.3 is 0 Å². The molecule has 21 heavy (non-hydrogen) atoms. The van der Waals surface area contributed by atoms with Crippen molar-refractivity contribution in [2.75, 3.05) is 19.6 Å².